The molecule has 0 N–H and O–H groups in total. The van der Waals surface area contributed by atoms with E-state index in [2.05, 4.69) is 26.0 Å². The summed E-state index contributed by atoms with van der Waals surface area (Å²) in [6, 6.07) is 0. The monoisotopic (exact) mass is 316 g/mol. The van der Waals surface area contributed by atoms with Gasteiger partial charge in [0.15, 0.2) is 5.79 Å². The summed E-state index contributed by atoms with van der Waals surface area (Å²) < 4.78 is 12.5. The highest BCUT2D eigenvalue weighted by molar-refractivity contribution is 5.14. The smallest absolute Gasteiger partial charge is 0.174 e. The number of rotatable bonds is 0. The molecule has 23 heavy (non-hydrogen) atoms. The summed E-state index contributed by atoms with van der Waals surface area (Å²) in [5.74, 6) is 3.37. The van der Waals surface area contributed by atoms with E-state index in [4.69, 9.17) is 9.47 Å². The van der Waals surface area contributed by atoms with Crippen molar-refractivity contribution in [3.63, 3.8) is 0 Å². The van der Waals surface area contributed by atoms with Gasteiger partial charge < -0.3 is 9.47 Å². The topological polar surface area (TPSA) is 18.5 Å². The van der Waals surface area contributed by atoms with Gasteiger partial charge in [0.05, 0.1) is 13.2 Å². The average Bonchev–Trinajstić information content (AvgIpc) is 3.14. The summed E-state index contributed by atoms with van der Waals surface area (Å²) in [7, 11) is 0. The molecular formula is C21H32O2. The number of allylic oxidation sites excluding steroid dienone is 2. The molecule has 0 aromatic carbocycles. The van der Waals surface area contributed by atoms with Crippen molar-refractivity contribution in [1.29, 1.82) is 0 Å². The highest BCUT2D eigenvalue weighted by atomic mass is 16.7. The molecule has 0 unspecified atom stereocenters. The van der Waals surface area contributed by atoms with Crippen LogP contribution in [0.15, 0.2) is 12.2 Å². The minimum Gasteiger partial charge on any atom is -0.347 e. The summed E-state index contributed by atoms with van der Waals surface area (Å²) in [5.41, 5.74) is 0.824. The SMILES string of the molecule is C[C@]12CC=CC[C@@H]1CC[C@@H]1[C@H]2CC[C@@]2(C)[C@@H]1CCC21OCCO1. The van der Waals surface area contributed by atoms with Crippen LogP contribution >= 0.6 is 0 Å². The molecule has 1 heterocycles. The standard InChI is InChI=1S/C21H32O2/c1-19-10-4-3-5-15(19)6-7-16-17(19)8-11-20(2)18(16)9-12-21(20)22-13-14-23-21/h3-4,15-18H,5-14H2,1-2H3/t15-,16-,17-,18-,19+,20+/m1/s1. The average molecular weight is 316 g/mol. The minimum atomic E-state index is -0.229. The second-order valence-electron chi connectivity index (χ2n) is 9.51. The molecular weight excluding hydrogens is 284 g/mol. The van der Waals surface area contributed by atoms with Crippen LogP contribution in [0, 0.1) is 34.5 Å². The molecule has 3 saturated carbocycles. The van der Waals surface area contributed by atoms with Crippen LogP contribution in [0.1, 0.15) is 65.2 Å². The number of hydrogen-bond acceptors (Lipinski definition) is 2. The van der Waals surface area contributed by atoms with E-state index in [-0.39, 0.29) is 11.2 Å². The summed E-state index contributed by atoms with van der Waals surface area (Å²) in [4.78, 5) is 0. The van der Waals surface area contributed by atoms with E-state index in [0.717, 1.165) is 43.3 Å². The van der Waals surface area contributed by atoms with Crippen LogP contribution in [0.4, 0.5) is 0 Å². The van der Waals surface area contributed by atoms with Crippen molar-refractivity contribution in [3.05, 3.63) is 12.2 Å². The van der Waals surface area contributed by atoms with Crippen LogP contribution in [0.2, 0.25) is 0 Å². The first-order valence-electron chi connectivity index (χ1n) is 10.0. The zero-order valence-electron chi connectivity index (χ0n) is 14.9. The van der Waals surface area contributed by atoms with Gasteiger partial charge in [-0.05, 0) is 74.0 Å². The molecule has 4 fully saturated rings. The first kappa shape index (κ1) is 15.0. The minimum absolute atomic E-state index is 0.229. The molecule has 0 aromatic rings. The predicted molar refractivity (Wildman–Crippen MR) is 90.9 cm³/mol. The number of fused-ring (bicyclic) bond motifs is 6. The zero-order valence-corrected chi connectivity index (χ0v) is 14.9. The highest BCUT2D eigenvalue weighted by Crippen LogP contribution is 2.69. The molecule has 5 aliphatic rings. The van der Waals surface area contributed by atoms with E-state index in [9.17, 15) is 0 Å². The molecule has 4 aliphatic carbocycles. The quantitative estimate of drug-likeness (QED) is 0.589. The lowest BCUT2D eigenvalue weighted by Gasteiger charge is -2.60. The third-order valence-electron chi connectivity index (χ3n) is 9.01. The lowest BCUT2D eigenvalue weighted by molar-refractivity contribution is -0.246. The van der Waals surface area contributed by atoms with E-state index in [1.165, 1.54) is 44.9 Å². The second-order valence-corrected chi connectivity index (χ2v) is 9.51. The van der Waals surface area contributed by atoms with Crippen molar-refractivity contribution in [2.24, 2.45) is 34.5 Å². The van der Waals surface area contributed by atoms with E-state index >= 15 is 0 Å². The Balaban J connectivity index is 1.48. The molecule has 0 bridgehead atoms. The highest BCUT2D eigenvalue weighted by Gasteiger charge is 2.66. The fraction of sp³-hybridized carbons (Fsp3) is 0.905. The van der Waals surface area contributed by atoms with Gasteiger partial charge in [-0.3, -0.25) is 0 Å². The molecule has 0 aromatic heterocycles. The van der Waals surface area contributed by atoms with Gasteiger partial charge in [-0.15, -0.1) is 0 Å². The van der Waals surface area contributed by atoms with Crippen LogP contribution < -0.4 is 0 Å². The summed E-state index contributed by atoms with van der Waals surface area (Å²) in [5, 5.41) is 0. The van der Waals surface area contributed by atoms with Gasteiger partial charge in [-0.1, -0.05) is 26.0 Å². The van der Waals surface area contributed by atoms with Crippen LogP contribution in [-0.4, -0.2) is 19.0 Å². The van der Waals surface area contributed by atoms with E-state index in [0.29, 0.717) is 5.41 Å². The van der Waals surface area contributed by atoms with E-state index in [1.807, 2.05) is 0 Å². The fourth-order valence-corrected chi connectivity index (χ4v) is 7.72. The first-order valence-corrected chi connectivity index (χ1v) is 10.0. The lowest BCUT2D eigenvalue weighted by Crippen LogP contribution is -2.56. The Hall–Kier alpha value is -0.340. The molecule has 2 nitrogen and oxygen atoms in total. The third kappa shape index (κ3) is 1.78. The van der Waals surface area contributed by atoms with Crippen LogP contribution in [0.25, 0.3) is 0 Å². The second kappa shape index (κ2) is 4.85. The number of ether oxygens (including phenoxy) is 2. The van der Waals surface area contributed by atoms with Gasteiger partial charge in [-0.25, -0.2) is 0 Å². The van der Waals surface area contributed by atoms with Crippen molar-refractivity contribution in [3.8, 4) is 0 Å². The summed E-state index contributed by atoms with van der Waals surface area (Å²) in [6.07, 6.45) is 15.6. The van der Waals surface area contributed by atoms with Gasteiger partial charge >= 0.3 is 0 Å². The Bertz CT molecular complexity index is 520. The molecule has 1 aliphatic heterocycles. The molecule has 0 radical (unpaired) electrons. The molecule has 0 amide bonds. The van der Waals surface area contributed by atoms with Crippen LogP contribution in [0.5, 0.6) is 0 Å². The molecule has 2 heteroatoms. The van der Waals surface area contributed by atoms with Crippen molar-refractivity contribution >= 4 is 0 Å². The Morgan fingerprint density at radius 3 is 2.48 bits per heavy atom. The maximum atomic E-state index is 6.25. The van der Waals surface area contributed by atoms with Gasteiger partial charge in [0.2, 0.25) is 0 Å². The predicted octanol–water partition coefficient (Wildman–Crippen LogP) is 4.94. The Kier molecular flexibility index (Phi) is 3.15. The van der Waals surface area contributed by atoms with Crippen molar-refractivity contribution in [2.75, 3.05) is 13.2 Å². The maximum absolute atomic E-state index is 6.25. The van der Waals surface area contributed by atoms with E-state index in [1.54, 1.807) is 0 Å². The lowest BCUT2D eigenvalue weighted by atomic mass is 9.45. The largest absolute Gasteiger partial charge is 0.347 e. The van der Waals surface area contributed by atoms with Gasteiger partial charge in [0, 0.05) is 11.8 Å². The number of hydrogen-bond donors (Lipinski definition) is 0. The molecule has 1 spiro atoms. The first-order chi connectivity index (χ1) is 11.1. The Morgan fingerprint density at radius 1 is 0.870 bits per heavy atom. The fourth-order valence-electron chi connectivity index (χ4n) is 7.72. The van der Waals surface area contributed by atoms with Gasteiger partial charge in [-0.2, -0.15) is 0 Å². The van der Waals surface area contributed by atoms with Crippen molar-refractivity contribution in [1.82, 2.24) is 0 Å². The molecule has 128 valence electrons. The van der Waals surface area contributed by atoms with Crippen LogP contribution in [0.3, 0.4) is 0 Å². The van der Waals surface area contributed by atoms with E-state index < -0.39 is 0 Å². The maximum Gasteiger partial charge on any atom is 0.174 e. The van der Waals surface area contributed by atoms with Crippen LogP contribution in [-0.2, 0) is 9.47 Å². The summed E-state index contributed by atoms with van der Waals surface area (Å²) >= 11 is 0. The molecule has 1 saturated heterocycles. The zero-order chi connectivity index (χ0) is 15.7. The van der Waals surface area contributed by atoms with Crippen molar-refractivity contribution in [2.45, 2.75) is 71.0 Å². The van der Waals surface area contributed by atoms with Gasteiger partial charge in [0.25, 0.3) is 0 Å². The summed E-state index contributed by atoms with van der Waals surface area (Å²) in [6.45, 7) is 6.73. The van der Waals surface area contributed by atoms with Gasteiger partial charge in [0.1, 0.15) is 0 Å². The third-order valence-corrected chi connectivity index (χ3v) is 9.01. The molecule has 6 atom stereocenters. The molecule has 5 rings (SSSR count). The Morgan fingerprint density at radius 2 is 1.65 bits per heavy atom. The Labute approximate surface area is 141 Å². The normalized spacial score (nSPS) is 53.8. The van der Waals surface area contributed by atoms with Crippen molar-refractivity contribution < 1.29 is 9.47 Å².